The minimum Gasteiger partial charge on any atom is -0.343 e. The first-order valence-electron chi connectivity index (χ1n) is 14.0. The minimum absolute atomic E-state index is 0.00146. The molecule has 3 aromatic heterocycles. The lowest BCUT2D eigenvalue weighted by molar-refractivity contribution is -0.142. The fourth-order valence-electron chi connectivity index (χ4n) is 6.35. The molecular weight excluding hydrogens is 581 g/mol. The van der Waals surface area contributed by atoms with Crippen LogP contribution in [0, 0.1) is 11.3 Å². The van der Waals surface area contributed by atoms with E-state index in [4.69, 9.17) is 23.2 Å². The van der Waals surface area contributed by atoms with Crippen molar-refractivity contribution >= 4 is 67.5 Å². The highest BCUT2D eigenvalue weighted by Gasteiger charge is 2.36. The van der Waals surface area contributed by atoms with Crippen LogP contribution in [0.1, 0.15) is 62.6 Å². The van der Waals surface area contributed by atoms with Gasteiger partial charge in [0.15, 0.2) is 0 Å². The van der Waals surface area contributed by atoms with Gasteiger partial charge in [0, 0.05) is 48.9 Å². The van der Waals surface area contributed by atoms with Crippen LogP contribution < -0.4 is 5.56 Å². The van der Waals surface area contributed by atoms with Gasteiger partial charge < -0.3 is 14.8 Å². The summed E-state index contributed by atoms with van der Waals surface area (Å²) in [6.45, 7) is 8.49. The summed E-state index contributed by atoms with van der Waals surface area (Å²) in [5.41, 5.74) is 4.02. The summed E-state index contributed by atoms with van der Waals surface area (Å²) >= 11 is 14.3. The summed E-state index contributed by atoms with van der Waals surface area (Å²) in [5.74, 6) is -0.424. The first-order chi connectivity index (χ1) is 19.5. The molecule has 0 spiro atoms. The topological polar surface area (TPSA) is 102 Å². The van der Waals surface area contributed by atoms with Crippen molar-refractivity contribution in [1.29, 1.82) is 0 Å². The Kier molecular flexibility index (Phi) is 7.41. The predicted octanol–water partition coefficient (Wildman–Crippen LogP) is 6.12. The van der Waals surface area contributed by atoms with Gasteiger partial charge in [0.1, 0.15) is 0 Å². The second-order valence-corrected chi connectivity index (χ2v) is 14.3. The average Bonchev–Trinajstić information content (AvgIpc) is 3.53. The number of benzene rings is 1. The summed E-state index contributed by atoms with van der Waals surface area (Å²) in [6.07, 6.45) is 3.77. The molecule has 2 amide bonds. The Morgan fingerprint density at radius 3 is 2.61 bits per heavy atom. The first kappa shape index (κ1) is 28.2. The van der Waals surface area contributed by atoms with E-state index in [-0.39, 0.29) is 35.1 Å². The number of fused-ring (bicyclic) bond motifs is 4. The van der Waals surface area contributed by atoms with Crippen LogP contribution in [-0.4, -0.2) is 56.4 Å². The van der Waals surface area contributed by atoms with Gasteiger partial charge in [-0.25, -0.2) is 0 Å². The molecule has 0 radical (unpaired) electrons. The standard InChI is InChI=1S/C30H33Cl2N5O3S/c1-30(2,3)15-37-13-21-17(9-22(31)26-20(21)12-33-35-26)8-18(29(37)40)10-25(38)36-6-4-16(5-7-36)19-11-24-27(34-28(19)39)23(32)14-41-24/h9,11-12,14,16,18H,4-8,10,13,15H2,1-3H3,(H,33,35)(H,34,39). The van der Waals surface area contributed by atoms with E-state index >= 15 is 0 Å². The Morgan fingerprint density at radius 2 is 1.88 bits per heavy atom. The molecule has 1 fully saturated rings. The van der Waals surface area contributed by atoms with Gasteiger partial charge >= 0.3 is 0 Å². The number of carbonyl (C=O) groups is 2. The number of piperidine rings is 1. The third-order valence-corrected chi connectivity index (χ3v) is 9.96. The van der Waals surface area contributed by atoms with Gasteiger partial charge in [0.25, 0.3) is 5.56 Å². The van der Waals surface area contributed by atoms with Crippen molar-refractivity contribution in [3.8, 4) is 0 Å². The molecule has 0 aliphatic carbocycles. The minimum atomic E-state index is -0.474. The van der Waals surface area contributed by atoms with Gasteiger partial charge in [-0.2, -0.15) is 5.10 Å². The number of nitrogens with zero attached hydrogens (tertiary/aromatic N) is 3. The second kappa shape index (κ2) is 10.7. The monoisotopic (exact) mass is 613 g/mol. The van der Waals surface area contributed by atoms with Gasteiger partial charge in [-0.1, -0.05) is 44.0 Å². The van der Waals surface area contributed by atoms with Crippen LogP contribution in [0.5, 0.6) is 0 Å². The molecule has 41 heavy (non-hydrogen) atoms. The SMILES string of the molecule is CC(C)(C)CN1Cc2c(cc(Cl)c3[nH]ncc23)CC(CC(=O)N2CCC(c3cc4scc(Cl)c4[nH]c3=O)CC2)C1=O. The van der Waals surface area contributed by atoms with E-state index in [1.54, 1.807) is 6.20 Å². The van der Waals surface area contributed by atoms with Crippen molar-refractivity contribution in [2.45, 2.75) is 58.9 Å². The number of nitrogens with one attached hydrogen (secondary N) is 2. The molecule has 0 saturated carbocycles. The molecule has 5 heterocycles. The van der Waals surface area contributed by atoms with Crippen molar-refractivity contribution in [3.05, 3.63) is 60.8 Å². The van der Waals surface area contributed by atoms with E-state index in [0.717, 1.165) is 32.3 Å². The lowest BCUT2D eigenvalue weighted by Crippen LogP contribution is -2.43. The Balaban J connectivity index is 1.20. The molecule has 216 valence electrons. The Labute approximate surface area is 252 Å². The summed E-state index contributed by atoms with van der Waals surface area (Å²) < 4.78 is 0.961. The highest BCUT2D eigenvalue weighted by Crippen LogP contribution is 2.36. The molecule has 2 N–H and O–H groups in total. The molecule has 0 bridgehead atoms. The van der Waals surface area contributed by atoms with Crippen LogP contribution in [0.25, 0.3) is 21.1 Å². The summed E-state index contributed by atoms with van der Waals surface area (Å²) in [7, 11) is 0. The van der Waals surface area contributed by atoms with Crippen LogP contribution >= 0.6 is 34.5 Å². The number of hydrogen-bond donors (Lipinski definition) is 2. The van der Waals surface area contributed by atoms with Crippen molar-refractivity contribution in [2.24, 2.45) is 11.3 Å². The molecule has 1 atom stereocenters. The van der Waals surface area contributed by atoms with E-state index in [1.165, 1.54) is 11.3 Å². The van der Waals surface area contributed by atoms with E-state index in [9.17, 15) is 14.4 Å². The maximum absolute atomic E-state index is 13.9. The van der Waals surface area contributed by atoms with Crippen LogP contribution in [0.2, 0.25) is 10.0 Å². The third kappa shape index (κ3) is 5.51. The van der Waals surface area contributed by atoms with Gasteiger partial charge in [-0.15, -0.1) is 11.3 Å². The Bertz CT molecular complexity index is 1710. The van der Waals surface area contributed by atoms with Crippen LogP contribution in [0.3, 0.4) is 0 Å². The molecule has 1 saturated heterocycles. The second-order valence-electron chi connectivity index (χ2n) is 12.5. The number of likely N-dealkylation sites (tertiary alicyclic amines) is 1. The van der Waals surface area contributed by atoms with Gasteiger partial charge in [0.05, 0.1) is 37.9 Å². The van der Waals surface area contributed by atoms with Crippen molar-refractivity contribution < 1.29 is 9.59 Å². The molecule has 8 nitrogen and oxygen atoms in total. The fraction of sp³-hybridized carbons (Fsp3) is 0.467. The van der Waals surface area contributed by atoms with Crippen LogP contribution in [0.4, 0.5) is 0 Å². The molecule has 2 aliphatic heterocycles. The van der Waals surface area contributed by atoms with Gasteiger partial charge in [0.2, 0.25) is 11.8 Å². The zero-order valence-electron chi connectivity index (χ0n) is 23.4. The first-order valence-corrected chi connectivity index (χ1v) is 15.6. The molecule has 1 aromatic carbocycles. The van der Waals surface area contributed by atoms with E-state index in [0.29, 0.717) is 61.0 Å². The smallest absolute Gasteiger partial charge is 0.251 e. The highest BCUT2D eigenvalue weighted by molar-refractivity contribution is 7.17. The van der Waals surface area contributed by atoms with Gasteiger partial charge in [-0.05, 0) is 53.9 Å². The number of aromatic nitrogens is 3. The lowest BCUT2D eigenvalue weighted by atomic mass is 9.89. The van der Waals surface area contributed by atoms with Crippen LogP contribution in [0.15, 0.2) is 28.5 Å². The third-order valence-electron chi connectivity index (χ3n) is 8.30. The average molecular weight is 615 g/mol. The lowest BCUT2D eigenvalue weighted by Gasteiger charge is -2.34. The molecular formula is C30H33Cl2N5O3S. The molecule has 6 rings (SSSR count). The fourth-order valence-corrected chi connectivity index (χ4v) is 7.79. The quantitative estimate of drug-likeness (QED) is 0.289. The van der Waals surface area contributed by atoms with E-state index in [2.05, 4.69) is 36.0 Å². The number of thiophene rings is 1. The highest BCUT2D eigenvalue weighted by atomic mass is 35.5. The predicted molar refractivity (Wildman–Crippen MR) is 164 cm³/mol. The normalized spacial score (nSPS) is 18.8. The molecule has 1 unspecified atom stereocenters. The van der Waals surface area contributed by atoms with Crippen LogP contribution in [-0.2, 0) is 22.6 Å². The number of rotatable bonds is 4. The van der Waals surface area contributed by atoms with E-state index < -0.39 is 5.92 Å². The number of aromatic amines is 2. The molecule has 4 aromatic rings. The molecule has 2 aliphatic rings. The number of pyridine rings is 1. The van der Waals surface area contributed by atoms with Crippen molar-refractivity contribution in [2.75, 3.05) is 19.6 Å². The Hall–Kier alpha value is -2.88. The summed E-state index contributed by atoms with van der Waals surface area (Å²) in [4.78, 5) is 47.0. The Morgan fingerprint density at radius 1 is 1.12 bits per heavy atom. The maximum atomic E-state index is 13.9. The molecule has 11 heteroatoms. The zero-order chi connectivity index (χ0) is 29.1. The van der Waals surface area contributed by atoms with E-state index in [1.807, 2.05) is 27.3 Å². The number of H-pyrrole nitrogens is 2. The summed E-state index contributed by atoms with van der Waals surface area (Å²) in [5, 5.41) is 11.0. The number of hydrogen-bond acceptors (Lipinski definition) is 5. The van der Waals surface area contributed by atoms with Crippen molar-refractivity contribution in [1.82, 2.24) is 25.0 Å². The number of halogens is 2. The number of amides is 2. The largest absolute Gasteiger partial charge is 0.343 e. The van der Waals surface area contributed by atoms with Gasteiger partial charge in [-0.3, -0.25) is 19.5 Å². The summed E-state index contributed by atoms with van der Waals surface area (Å²) in [6, 6.07) is 3.86. The van der Waals surface area contributed by atoms with Crippen molar-refractivity contribution in [3.63, 3.8) is 0 Å². The number of carbonyl (C=O) groups excluding carboxylic acids is 2. The maximum Gasteiger partial charge on any atom is 0.251 e. The zero-order valence-corrected chi connectivity index (χ0v) is 25.7.